The minimum atomic E-state index is -2.81. The summed E-state index contributed by atoms with van der Waals surface area (Å²) in [5.74, 6) is -1.31. The molecule has 8 heteroatoms. The lowest BCUT2D eigenvalue weighted by molar-refractivity contribution is -0.154. The number of benzene rings is 2. The molecule has 0 saturated carbocycles. The monoisotopic (exact) mass is 427 g/mol. The quantitative estimate of drug-likeness (QED) is 0.532. The van der Waals surface area contributed by atoms with Crippen molar-refractivity contribution < 1.29 is 23.1 Å². The fourth-order valence-electron chi connectivity index (χ4n) is 3.93. The van der Waals surface area contributed by atoms with E-state index in [1.54, 1.807) is 29.2 Å². The van der Waals surface area contributed by atoms with Gasteiger partial charge in [-0.05, 0) is 31.0 Å². The Bertz CT molecular complexity index is 1080. The number of ether oxygens (including phenoxy) is 1. The second kappa shape index (κ2) is 8.83. The molecule has 0 bridgehead atoms. The Balaban J connectivity index is 1.41. The van der Waals surface area contributed by atoms with Gasteiger partial charge in [0.25, 0.3) is 0 Å². The number of rotatable bonds is 7. The zero-order chi connectivity index (χ0) is 22.0. The molecule has 31 heavy (non-hydrogen) atoms. The van der Waals surface area contributed by atoms with E-state index in [4.69, 9.17) is 4.74 Å². The highest BCUT2D eigenvalue weighted by Crippen LogP contribution is 2.29. The molecule has 2 aromatic carbocycles. The van der Waals surface area contributed by atoms with Crippen LogP contribution in [0.2, 0.25) is 0 Å². The van der Waals surface area contributed by atoms with E-state index in [0.717, 1.165) is 10.1 Å². The summed E-state index contributed by atoms with van der Waals surface area (Å²) in [4.78, 5) is 30.9. The van der Waals surface area contributed by atoms with Crippen LogP contribution in [0.1, 0.15) is 37.4 Å². The van der Waals surface area contributed by atoms with E-state index < -0.39 is 24.5 Å². The molecule has 3 aromatic rings. The van der Waals surface area contributed by atoms with Crippen LogP contribution in [0.4, 0.5) is 8.78 Å². The molecule has 1 saturated heterocycles. The van der Waals surface area contributed by atoms with Crippen molar-refractivity contribution >= 4 is 22.9 Å². The van der Waals surface area contributed by atoms with Crippen LogP contribution in [-0.4, -0.2) is 39.4 Å². The molecule has 4 rings (SSSR count). The molecule has 1 fully saturated rings. The molecule has 0 radical (unpaired) electrons. The van der Waals surface area contributed by atoms with Crippen molar-refractivity contribution in [3.63, 3.8) is 0 Å². The summed E-state index contributed by atoms with van der Waals surface area (Å²) in [5, 5.41) is 0. The summed E-state index contributed by atoms with van der Waals surface area (Å²) in [7, 11) is 0. The van der Waals surface area contributed by atoms with Gasteiger partial charge in [0.1, 0.15) is 0 Å². The van der Waals surface area contributed by atoms with Gasteiger partial charge in [-0.2, -0.15) is 8.78 Å². The van der Waals surface area contributed by atoms with Crippen LogP contribution in [0.3, 0.4) is 0 Å². The highest BCUT2D eigenvalue weighted by molar-refractivity contribution is 5.87. The van der Waals surface area contributed by atoms with Crippen molar-refractivity contribution in [3.8, 4) is 0 Å². The average Bonchev–Trinajstić information content (AvgIpc) is 3.33. The number of halogens is 2. The number of hydrogen-bond acceptors (Lipinski definition) is 4. The second-order valence-corrected chi connectivity index (χ2v) is 7.66. The van der Waals surface area contributed by atoms with Crippen LogP contribution in [0.5, 0.6) is 0 Å². The number of amides is 1. The van der Waals surface area contributed by atoms with Crippen LogP contribution in [0.25, 0.3) is 11.0 Å². The maximum absolute atomic E-state index is 13.6. The van der Waals surface area contributed by atoms with E-state index in [-0.39, 0.29) is 30.2 Å². The van der Waals surface area contributed by atoms with E-state index in [2.05, 4.69) is 4.98 Å². The van der Waals surface area contributed by atoms with Gasteiger partial charge >= 0.3 is 12.5 Å². The van der Waals surface area contributed by atoms with E-state index in [1.165, 1.54) is 6.92 Å². The number of carbonyl (C=O) groups is 2. The molecule has 0 N–H and O–H groups in total. The Labute approximate surface area is 178 Å². The van der Waals surface area contributed by atoms with E-state index >= 15 is 0 Å². The van der Waals surface area contributed by atoms with Gasteiger partial charge in [0.15, 0.2) is 11.9 Å². The van der Waals surface area contributed by atoms with Crippen molar-refractivity contribution in [2.75, 3.05) is 13.1 Å². The third kappa shape index (κ3) is 4.42. The molecular formula is C23H23F2N3O3. The summed E-state index contributed by atoms with van der Waals surface area (Å²) in [6.45, 7) is -0.515. The molecule has 2 unspecified atom stereocenters. The third-order valence-corrected chi connectivity index (χ3v) is 5.54. The van der Waals surface area contributed by atoms with E-state index in [1.807, 2.05) is 30.3 Å². The molecule has 0 spiro atoms. The van der Waals surface area contributed by atoms with Gasteiger partial charge in [-0.1, -0.05) is 42.5 Å². The second-order valence-electron chi connectivity index (χ2n) is 7.66. The number of para-hydroxylation sites is 2. The Kier molecular flexibility index (Phi) is 5.97. The topological polar surface area (TPSA) is 64.4 Å². The van der Waals surface area contributed by atoms with E-state index in [9.17, 15) is 18.4 Å². The van der Waals surface area contributed by atoms with Gasteiger partial charge in [-0.15, -0.1) is 0 Å². The van der Waals surface area contributed by atoms with Crippen molar-refractivity contribution in [2.24, 2.45) is 5.92 Å². The number of nitrogens with zero attached hydrogens (tertiary/aromatic N) is 3. The molecule has 0 aliphatic carbocycles. The Morgan fingerprint density at radius 1 is 1.16 bits per heavy atom. The molecule has 2 atom stereocenters. The van der Waals surface area contributed by atoms with Crippen molar-refractivity contribution in [3.05, 3.63) is 66.0 Å². The largest absolute Gasteiger partial charge is 0.454 e. The lowest BCUT2D eigenvalue weighted by Gasteiger charge is -2.18. The first kappa shape index (κ1) is 21.0. The first-order valence-electron chi connectivity index (χ1n) is 10.2. The number of aromatic nitrogens is 2. The summed E-state index contributed by atoms with van der Waals surface area (Å²) in [6, 6.07) is 16.3. The molecule has 1 aromatic heterocycles. The van der Waals surface area contributed by atoms with Crippen molar-refractivity contribution in [1.29, 1.82) is 0 Å². The zero-order valence-electron chi connectivity index (χ0n) is 17.1. The smallest absolute Gasteiger partial charge is 0.320 e. The van der Waals surface area contributed by atoms with Crippen LogP contribution < -0.4 is 0 Å². The fraction of sp³-hybridized carbons (Fsp3) is 0.348. The number of hydrogen-bond donors (Lipinski definition) is 0. The van der Waals surface area contributed by atoms with Crippen LogP contribution in [0.15, 0.2) is 54.6 Å². The van der Waals surface area contributed by atoms with Crippen LogP contribution in [0, 0.1) is 5.92 Å². The number of fused-ring (bicyclic) bond motifs is 1. The fourth-order valence-corrected chi connectivity index (χ4v) is 3.93. The molecule has 6 nitrogen and oxygen atoms in total. The summed E-state index contributed by atoms with van der Waals surface area (Å²) >= 11 is 0. The predicted molar refractivity (Wildman–Crippen MR) is 110 cm³/mol. The summed E-state index contributed by atoms with van der Waals surface area (Å²) in [5.41, 5.74) is 1.79. The molecule has 1 amide bonds. The molecular weight excluding hydrogens is 404 g/mol. The standard InChI is InChI=1S/C23H23F2N3O3/c1-15(21-26-18-9-5-6-10-19(18)28(21)23(24)25)31-22(30)17-13-20(29)27(14-17)12-11-16-7-3-2-4-8-16/h2-10,15,17,23H,11-14H2,1H3. The lowest BCUT2D eigenvalue weighted by Crippen LogP contribution is -2.29. The minimum absolute atomic E-state index is 0.0187. The SMILES string of the molecule is CC(OC(=O)C1CC(=O)N(CCc2ccccc2)C1)c1nc2ccccc2n1C(F)F. The molecule has 162 valence electrons. The van der Waals surface area contributed by atoms with Crippen molar-refractivity contribution in [1.82, 2.24) is 14.5 Å². The first-order chi connectivity index (χ1) is 14.9. The number of alkyl halides is 2. The van der Waals surface area contributed by atoms with E-state index in [0.29, 0.717) is 18.5 Å². The minimum Gasteiger partial charge on any atom is -0.454 e. The Hall–Kier alpha value is -3.29. The van der Waals surface area contributed by atoms with Gasteiger partial charge < -0.3 is 9.64 Å². The highest BCUT2D eigenvalue weighted by atomic mass is 19.3. The third-order valence-electron chi connectivity index (χ3n) is 5.54. The average molecular weight is 427 g/mol. The van der Waals surface area contributed by atoms with Crippen LogP contribution >= 0.6 is 0 Å². The number of likely N-dealkylation sites (tertiary alicyclic amines) is 1. The molecule has 1 aliphatic rings. The van der Waals surface area contributed by atoms with Gasteiger partial charge in [-0.25, -0.2) is 4.98 Å². The molecule has 1 aliphatic heterocycles. The normalized spacial score (nSPS) is 17.5. The number of carbonyl (C=O) groups excluding carboxylic acids is 2. The maximum atomic E-state index is 13.6. The summed E-state index contributed by atoms with van der Waals surface area (Å²) < 4.78 is 33.5. The Morgan fingerprint density at radius 3 is 2.61 bits per heavy atom. The van der Waals surface area contributed by atoms with Gasteiger partial charge in [0.2, 0.25) is 5.91 Å². The highest BCUT2D eigenvalue weighted by Gasteiger charge is 2.36. The van der Waals surface area contributed by atoms with Gasteiger partial charge in [0.05, 0.1) is 17.0 Å². The lowest BCUT2D eigenvalue weighted by atomic mass is 10.1. The van der Waals surface area contributed by atoms with Gasteiger partial charge in [-0.3, -0.25) is 14.2 Å². The van der Waals surface area contributed by atoms with Gasteiger partial charge in [0, 0.05) is 19.5 Å². The van der Waals surface area contributed by atoms with Crippen molar-refractivity contribution in [2.45, 2.75) is 32.4 Å². The predicted octanol–water partition coefficient (Wildman–Crippen LogP) is 4.13. The number of esters is 1. The molecule has 2 heterocycles. The summed E-state index contributed by atoms with van der Waals surface area (Å²) in [6.07, 6.45) is -0.211. The first-order valence-corrected chi connectivity index (χ1v) is 10.2. The zero-order valence-corrected chi connectivity index (χ0v) is 17.1. The number of imidazole rings is 1. The Morgan fingerprint density at radius 2 is 1.87 bits per heavy atom. The van der Waals surface area contributed by atoms with Crippen LogP contribution in [-0.2, 0) is 20.7 Å². The maximum Gasteiger partial charge on any atom is 0.320 e.